The summed E-state index contributed by atoms with van der Waals surface area (Å²) >= 11 is 0. The van der Waals surface area contributed by atoms with Gasteiger partial charge < -0.3 is 5.11 Å². The Balaban J connectivity index is 2.71. The van der Waals surface area contributed by atoms with Crippen LogP contribution in [0.4, 0.5) is 0 Å². The number of aliphatic hydroxyl groups is 1. The number of aliphatic hydroxyl groups excluding tert-OH is 1. The van der Waals surface area contributed by atoms with Crippen LogP contribution in [0.2, 0.25) is 0 Å². The molecule has 1 atom stereocenters. The lowest BCUT2D eigenvalue weighted by molar-refractivity contribution is 0.0755. The third-order valence-corrected chi connectivity index (χ3v) is 2.86. The fraction of sp³-hybridized carbons (Fsp3) is 0.800. The van der Waals surface area contributed by atoms with Crippen LogP contribution in [0, 0.1) is 0 Å². The molecule has 1 N–H and O–H groups in total. The Morgan fingerprint density at radius 2 is 2.33 bits per heavy atom. The zero-order valence-corrected chi connectivity index (χ0v) is 8.14. The van der Waals surface area contributed by atoms with E-state index in [1.807, 2.05) is 0 Å². The second-order valence-electron chi connectivity index (χ2n) is 3.92. The number of hydrogen-bond acceptors (Lipinski definition) is 2. The number of likely N-dealkylation sites (N-methyl/N-ethyl adjacent to an activating group) is 1. The molecule has 0 spiro atoms. The van der Waals surface area contributed by atoms with Crippen molar-refractivity contribution >= 4 is 0 Å². The quantitative estimate of drug-likeness (QED) is 0.646. The minimum Gasteiger partial charge on any atom is -0.394 e. The maximum atomic E-state index is 9.35. The molecule has 0 saturated carbocycles. The maximum absolute atomic E-state index is 9.35. The Morgan fingerprint density at radius 3 is 2.67 bits per heavy atom. The number of rotatable bonds is 3. The van der Waals surface area contributed by atoms with Gasteiger partial charge in [0.25, 0.3) is 0 Å². The van der Waals surface area contributed by atoms with Crippen LogP contribution in [0.15, 0.2) is 12.2 Å². The molecule has 0 aromatic carbocycles. The molecule has 0 unspecified atom stereocenters. The first-order chi connectivity index (χ1) is 5.64. The van der Waals surface area contributed by atoms with E-state index >= 15 is 0 Å². The van der Waals surface area contributed by atoms with E-state index in [9.17, 15) is 5.11 Å². The molecule has 0 amide bonds. The highest BCUT2D eigenvalue weighted by Crippen LogP contribution is 2.33. The fourth-order valence-corrected chi connectivity index (χ4v) is 2.16. The van der Waals surface area contributed by atoms with Crippen molar-refractivity contribution in [2.75, 3.05) is 20.2 Å². The molecular weight excluding hydrogens is 150 g/mol. The molecule has 0 radical (unpaired) electrons. The summed E-state index contributed by atoms with van der Waals surface area (Å²) in [5.74, 6) is 0. The summed E-state index contributed by atoms with van der Waals surface area (Å²) in [6.07, 6.45) is 3.16. The average Bonchev–Trinajstić information content (AvgIpc) is 2.28. The van der Waals surface area contributed by atoms with Crippen LogP contribution in [-0.4, -0.2) is 35.7 Å². The average molecular weight is 169 g/mol. The Labute approximate surface area is 74.9 Å². The van der Waals surface area contributed by atoms with E-state index in [1.165, 1.54) is 5.57 Å². The third-order valence-electron chi connectivity index (χ3n) is 2.86. The van der Waals surface area contributed by atoms with Crippen molar-refractivity contribution in [3.05, 3.63) is 12.2 Å². The predicted octanol–water partition coefficient (Wildman–Crippen LogP) is 1.41. The minimum absolute atomic E-state index is 0.00579. The minimum atomic E-state index is 0.00579. The molecular formula is C10H19NO. The topological polar surface area (TPSA) is 23.5 Å². The van der Waals surface area contributed by atoms with E-state index in [-0.39, 0.29) is 12.1 Å². The van der Waals surface area contributed by atoms with Gasteiger partial charge in [-0.3, -0.25) is 4.90 Å². The van der Waals surface area contributed by atoms with Gasteiger partial charge in [-0.1, -0.05) is 25.5 Å². The molecule has 0 aromatic rings. The van der Waals surface area contributed by atoms with Gasteiger partial charge in [0.05, 0.1) is 6.61 Å². The summed E-state index contributed by atoms with van der Waals surface area (Å²) in [6.45, 7) is 7.34. The van der Waals surface area contributed by atoms with Crippen molar-refractivity contribution in [1.82, 2.24) is 4.90 Å². The van der Waals surface area contributed by atoms with Crippen molar-refractivity contribution in [2.24, 2.45) is 0 Å². The van der Waals surface area contributed by atoms with Gasteiger partial charge in [-0.05, 0) is 19.9 Å². The monoisotopic (exact) mass is 169 g/mol. The van der Waals surface area contributed by atoms with Crippen LogP contribution in [-0.2, 0) is 0 Å². The Hall–Kier alpha value is -0.340. The molecule has 1 saturated heterocycles. The number of hydrogen-bond donors (Lipinski definition) is 1. The lowest BCUT2D eigenvalue weighted by atomic mass is 9.91. The van der Waals surface area contributed by atoms with E-state index in [0.29, 0.717) is 0 Å². The highest BCUT2D eigenvalue weighted by Gasteiger charge is 2.38. The van der Waals surface area contributed by atoms with Crippen molar-refractivity contribution in [3.63, 3.8) is 0 Å². The molecule has 2 nitrogen and oxygen atoms in total. The fourth-order valence-electron chi connectivity index (χ4n) is 2.16. The molecule has 1 rings (SSSR count). The van der Waals surface area contributed by atoms with Gasteiger partial charge in [0.1, 0.15) is 0 Å². The zero-order chi connectivity index (χ0) is 9.19. The second kappa shape index (κ2) is 3.58. The Bertz CT molecular complexity index is 179. The number of likely N-dealkylation sites (tertiary alicyclic amines) is 1. The first-order valence-electron chi connectivity index (χ1n) is 4.63. The van der Waals surface area contributed by atoms with Gasteiger partial charge in [-0.2, -0.15) is 0 Å². The molecule has 70 valence electrons. The number of nitrogens with zero attached hydrogens (tertiary/aromatic N) is 1. The summed E-state index contributed by atoms with van der Waals surface area (Å²) < 4.78 is 0. The van der Waals surface area contributed by atoms with E-state index < -0.39 is 0 Å². The predicted molar refractivity (Wildman–Crippen MR) is 51.1 cm³/mol. The van der Waals surface area contributed by atoms with E-state index in [4.69, 9.17) is 0 Å². The SMILES string of the molecule is C=C1CN(C)[C@@](CO)(CCC)C1. The molecule has 0 aliphatic carbocycles. The largest absolute Gasteiger partial charge is 0.394 e. The molecule has 0 bridgehead atoms. The molecule has 2 heteroatoms. The van der Waals surface area contributed by atoms with Crippen molar-refractivity contribution in [2.45, 2.75) is 31.7 Å². The van der Waals surface area contributed by atoms with Crippen LogP contribution in [0.3, 0.4) is 0 Å². The van der Waals surface area contributed by atoms with Crippen LogP contribution in [0.5, 0.6) is 0 Å². The second-order valence-corrected chi connectivity index (χ2v) is 3.92. The van der Waals surface area contributed by atoms with E-state index in [0.717, 1.165) is 25.8 Å². The maximum Gasteiger partial charge on any atom is 0.0618 e. The molecule has 0 aromatic heterocycles. The lowest BCUT2D eigenvalue weighted by Gasteiger charge is -2.33. The van der Waals surface area contributed by atoms with Crippen LogP contribution < -0.4 is 0 Å². The molecule has 1 aliphatic heterocycles. The highest BCUT2D eigenvalue weighted by atomic mass is 16.3. The Morgan fingerprint density at radius 1 is 1.67 bits per heavy atom. The standard InChI is InChI=1S/C10H19NO/c1-4-5-10(8-12)6-9(2)7-11(10)3/h12H,2,4-8H2,1,3H3/t10-/m0/s1. The van der Waals surface area contributed by atoms with Crippen molar-refractivity contribution in [1.29, 1.82) is 0 Å². The zero-order valence-electron chi connectivity index (χ0n) is 8.14. The lowest BCUT2D eigenvalue weighted by Crippen LogP contribution is -2.44. The Kier molecular flexibility index (Phi) is 2.91. The van der Waals surface area contributed by atoms with Gasteiger partial charge in [-0.25, -0.2) is 0 Å². The first kappa shape index (κ1) is 9.75. The van der Waals surface area contributed by atoms with Crippen LogP contribution >= 0.6 is 0 Å². The van der Waals surface area contributed by atoms with Gasteiger partial charge in [-0.15, -0.1) is 0 Å². The normalized spacial score (nSPS) is 31.4. The summed E-state index contributed by atoms with van der Waals surface area (Å²) in [5, 5.41) is 9.35. The van der Waals surface area contributed by atoms with E-state index in [1.54, 1.807) is 0 Å². The van der Waals surface area contributed by atoms with Crippen LogP contribution in [0.25, 0.3) is 0 Å². The summed E-state index contributed by atoms with van der Waals surface area (Å²) in [5.41, 5.74) is 1.26. The van der Waals surface area contributed by atoms with Crippen molar-refractivity contribution in [3.8, 4) is 0 Å². The third kappa shape index (κ3) is 1.54. The van der Waals surface area contributed by atoms with Gasteiger partial charge in [0, 0.05) is 12.1 Å². The van der Waals surface area contributed by atoms with Crippen molar-refractivity contribution < 1.29 is 5.11 Å². The first-order valence-corrected chi connectivity index (χ1v) is 4.63. The van der Waals surface area contributed by atoms with Gasteiger partial charge in [0.15, 0.2) is 0 Å². The smallest absolute Gasteiger partial charge is 0.0618 e. The molecule has 1 aliphatic rings. The molecule has 1 fully saturated rings. The van der Waals surface area contributed by atoms with E-state index in [2.05, 4.69) is 25.5 Å². The molecule has 12 heavy (non-hydrogen) atoms. The van der Waals surface area contributed by atoms with Gasteiger partial charge >= 0.3 is 0 Å². The van der Waals surface area contributed by atoms with Crippen LogP contribution in [0.1, 0.15) is 26.2 Å². The molecule has 1 heterocycles. The van der Waals surface area contributed by atoms with Gasteiger partial charge in [0.2, 0.25) is 0 Å². The summed E-state index contributed by atoms with van der Waals surface area (Å²) in [7, 11) is 2.07. The summed E-state index contributed by atoms with van der Waals surface area (Å²) in [4.78, 5) is 2.23. The highest BCUT2D eigenvalue weighted by molar-refractivity contribution is 5.14. The summed E-state index contributed by atoms with van der Waals surface area (Å²) in [6, 6.07) is 0.